The summed E-state index contributed by atoms with van der Waals surface area (Å²) in [6, 6.07) is 13.7. The van der Waals surface area contributed by atoms with E-state index in [4.69, 9.17) is 14.4 Å². The van der Waals surface area contributed by atoms with Crippen LogP contribution in [0.4, 0.5) is 0 Å². The summed E-state index contributed by atoms with van der Waals surface area (Å²) in [6.07, 6.45) is 1.53. The molecule has 1 aliphatic rings. The first-order valence-electron chi connectivity index (χ1n) is 10.5. The van der Waals surface area contributed by atoms with E-state index in [2.05, 4.69) is 29.3 Å². The predicted octanol–water partition coefficient (Wildman–Crippen LogP) is 3.64. The second-order valence-corrected chi connectivity index (χ2v) is 8.40. The van der Waals surface area contributed by atoms with E-state index in [-0.39, 0.29) is 5.91 Å². The molecule has 7 nitrogen and oxygen atoms in total. The van der Waals surface area contributed by atoms with Gasteiger partial charge in [0, 0.05) is 43.2 Å². The predicted molar refractivity (Wildman–Crippen MR) is 123 cm³/mol. The Labute approximate surface area is 186 Å². The van der Waals surface area contributed by atoms with E-state index < -0.39 is 0 Å². The van der Waals surface area contributed by atoms with E-state index in [9.17, 15) is 4.79 Å². The zero-order valence-electron chi connectivity index (χ0n) is 17.9. The minimum Gasteiger partial charge on any atom is -0.459 e. The van der Waals surface area contributed by atoms with E-state index in [1.807, 2.05) is 30.0 Å². The number of piperazine rings is 1. The molecule has 0 bridgehead atoms. The third-order valence-corrected chi connectivity index (χ3v) is 6.41. The monoisotopic (exact) mass is 437 g/mol. The van der Waals surface area contributed by atoms with Crippen LogP contribution in [0.1, 0.15) is 28.0 Å². The van der Waals surface area contributed by atoms with Gasteiger partial charge in [0.05, 0.1) is 18.5 Å². The van der Waals surface area contributed by atoms with Gasteiger partial charge >= 0.3 is 0 Å². The molecule has 1 aromatic carbocycles. The van der Waals surface area contributed by atoms with Gasteiger partial charge in [0.25, 0.3) is 5.91 Å². The molecule has 0 saturated carbocycles. The molecule has 0 aliphatic carbocycles. The lowest BCUT2D eigenvalue weighted by Crippen LogP contribution is -2.53. The highest BCUT2D eigenvalue weighted by molar-refractivity contribution is 7.15. The summed E-state index contributed by atoms with van der Waals surface area (Å²) in [5.74, 6) is 1.21. The maximum absolute atomic E-state index is 12.5. The first-order valence-corrected chi connectivity index (χ1v) is 11.3. The molecule has 1 fully saturated rings. The van der Waals surface area contributed by atoms with Crippen molar-refractivity contribution in [3.8, 4) is 10.6 Å². The molecular weight excluding hydrogens is 410 g/mol. The summed E-state index contributed by atoms with van der Waals surface area (Å²) in [7, 11) is 0. The van der Waals surface area contributed by atoms with E-state index in [1.54, 1.807) is 23.5 Å². The molecule has 2 aromatic heterocycles. The molecule has 0 atom stereocenters. The van der Waals surface area contributed by atoms with Crippen LogP contribution in [0, 0.1) is 6.92 Å². The van der Waals surface area contributed by atoms with Crippen molar-refractivity contribution in [2.45, 2.75) is 20.4 Å². The highest BCUT2D eigenvalue weighted by atomic mass is 32.1. The third kappa shape index (κ3) is 4.96. The highest BCUT2D eigenvalue weighted by Gasteiger charge is 2.25. The molecule has 0 radical (unpaired) electrons. The molecule has 0 unspecified atom stereocenters. The van der Waals surface area contributed by atoms with Crippen molar-refractivity contribution in [3.63, 3.8) is 0 Å². The number of aromatic nitrogens is 1. The Balaban J connectivity index is 1.41. The number of hydrogen-bond acceptors (Lipinski definition) is 5. The lowest BCUT2D eigenvalue weighted by Gasteiger charge is -2.36. The Morgan fingerprint density at radius 3 is 2.55 bits per heavy atom. The molecule has 3 heterocycles. The molecule has 162 valence electrons. The smallest absolute Gasteiger partial charge is 0.289 e. The molecule has 1 aliphatic heterocycles. The number of aliphatic imine (C=N–C) groups is 1. The maximum atomic E-state index is 12.5. The van der Waals surface area contributed by atoms with Crippen LogP contribution in [0.2, 0.25) is 0 Å². The van der Waals surface area contributed by atoms with E-state index in [0.29, 0.717) is 25.4 Å². The van der Waals surface area contributed by atoms with Gasteiger partial charge in [0.2, 0.25) is 0 Å². The number of carbonyl (C=O) groups excluding carboxylic acids is 1. The van der Waals surface area contributed by atoms with Gasteiger partial charge in [-0.05, 0) is 26.0 Å². The van der Waals surface area contributed by atoms with Crippen LogP contribution < -0.4 is 5.32 Å². The van der Waals surface area contributed by atoms with Gasteiger partial charge in [-0.1, -0.05) is 30.3 Å². The van der Waals surface area contributed by atoms with Crippen molar-refractivity contribution in [1.82, 2.24) is 20.1 Å². The number of furan rings is 1. The van der Waals surface area contributed by atoms with Crippen molar-refractivity contribution < 1.29 is 9.21 Å². The molecule has 31 heavy (non-hydrogen) atoms. The maximum Gasteiger partial charge on any atom is 0.289 e. The summed E-state index contributed by atoms with van der Waals surface area (Å²) < 4.78 is 5.25. The fourth-order valence-electron chi connectivity index (χ4n) is 3.53. The number of aryl methyl sites for hydroxylation is 1. The number of benzene rings is 1. The summed E-state index contributed by atoms with van der Waals surface area (Å²) in [5.41, 5.74) is 2.16. The quantitative estimate of drug-likeness (QED) is 0.487. The van der Waals surface area contributed by atoms with Gasteiger partial charge in [0.15, 0.2) is 11.7 Å². The average Bonchev–Trinajstić information content (AvgIpc) is 3.47. The summed E-state index contributed by atoms with van der Waals surface area (Å²) >= 11 is 1.69. The van der Waals surface area contributed by atoms with Gasteiger partial charge in [-0.15, -0.1) is 11.3 Å². The van der Waals surface area contributed by atoms with Crippen LogP contribution in [0.5, 0.6) is 0 Å². The van der Waals surface area contributed by atoms with Gasteiger partial charge in [0.1, 0.15) is 5.01 Å². The molecule has 1 N–H and O–H groups in total. The number of thiazole rings is 1. The molecule has 8 heteroatoms. The van der Waals surface area contributed by atoms with Crippen molar-refractivity contribution >= 4 is 23.2 Å². The van der Waals surface area contributed by atoms with E-state index >= 15 is 0 Å². The number of rotatable bonds is 5. The lowest BCUT2D eigenvalue weighted by atomic mass is 10.2. The lowest BCUT2D eigenvalue weighted by molar-refractivity contribution is 0.0657. The van der Waals surface area contributed by atoms with Gasteiger partial charge < -0.3 is 19.5 Å². The van der Waals surface area contributed by atoms with Gasteiger partial charge in [-0.25, -0.2) is 9.98 Å². The summed E-state index contributed by atoms with van der Waals surface area (Å²) in [6.45, 7) is 8.23. The third-order valence-electron chi connectivity index (χ3n) is 5.22. The standard InChI is InChI=1S/C23H27N5O2S/c1-3-24-23(28-13-11-27(12-14-28)22(29)19-10-7-15-30-19)25-16-20-17(2)26-21(31-20)18-8-5-4-6-9-18/h4-10,15H,3,11-14,16H2,1-2H3,(H,24,25). The zero-order valence-corrected chi connectivity index (χ0v) is 18.7. The minimum atomic E-state index is -0.0553. The molecule has 1 saturated heterocycles. The van der Waals surface area contributed by atoms with Crippen LogP contribution in [-0.2, 0) is 6.54 Å². The number of hydrogen-bond donors (Lipinski definition) is 1. The largest absolute Gasteiger partial charge is 0.459 e. The van der Waals surface area contributed by atoms with Gasteiger partial charge in [-0.3, -0.25) is 4.79 Å². The number of nitrogens with one attached hydrogen (secondary N) is 1. The number of guanidine groups is 1. The van der Waals surface area contributed by atoms with Crippen molar-refractivity contribution in [2.24, 2.45) is 4.99 Å². The number of carbonyl (C=O) groups is 1. The van der Waals surface area contributed by atoms with Crippen molar-refractivity contribution in [1.29, 1.82) is 0 Å². The summed E-state index contributed by atoms with van der Waals surface area (Å²) in [5, 5.41) is 4.42. The Morgan fingerprint density at radius 2 is 1.87 bits per heavy atom. The Kier molecular flexibility index (Phi) is 6.66. The number of nitrogens with zero attached hydrogens (tertiary/aromatic N) is 4. The topological polar surface area (TPSA) is 74.0 Å². The van der Waals surface area contributed by atoms with Crippen LogP contribution in [-0.4, -0.2) is 59.4 Å². The molecule has 0 spiro atoms. The first kappa shape index (κ1) is 21.1. The second-order valence-electron chi connectivity index (χ2n) is 7.32. The molecule has 1 amide bonds. The zero-order chi connectivity index (χ0) is 21.6. The van der Waals surface area contributed by atoms with Crippen molar-refractivity contribution in [3.05, 3.63) is 65.1 Å². The second kappa shape index (κ2) is 9.78. The van der Waals surface area contributed by atoms with Crippen LogP contribution >= 0.6 is 11.3 Å². The molecule has 3 aromatic rings. The normalized spacial score (nSPS) is 14.7. The van der Waals surface area contributed by atoms with Crippen LogP contribution in [0.25, 0.3) is 10.6 Å². The number of amides is 1. The Hall–Kier alpha value is -3.13. The van der Waals surface area contributed by atoms with Gasteiger partial charge in [-0.2, -0.15) is 0 Å². The van der Waals surface area contributed by atoms with E-state index in [0.717, 1.165) is 41.9 Å². The Morgan fingerprint density at radius 1 is 1.13 bits per heavy atom. The van der Waals surface area contributed by atoms with E-state index in [1.165, 1.54) is 11.1 Å². The fraction of sp³-hybridized carbons (Fsp3) is 0.348. The van der Waals surface area contributed by atoms with Crippen molar-refractivity contribution in [2.75, 3.05) is 32.7 Å². The van der Waals surface area contributed by atoms with Crippen LogP contribution in [0.15, 0.2) is 58.1 Å². The van der Waals surface area contributed by atoms with Crippen LogP contribution in [0.3, 0.4) is 0 Å². The summed E-state index contributed by atoms with van der Waals surface area (Å²) in [4.78, 5) is 27.3. The molecular formula is C23H27N5O2S. The highest BCUT2D eigenvalue weighted by Crippen LogP contribution is 2.28. The molecule has 4 rings (SSSR count). The SMILES string of the molecule is CCNC(=NCc1sc(-c2ccccc2)nc1C)N1CCN(C(=O)c2ccco2)CC1. The fourth-order valence-corrected chi connectivity index (χ4v) is 4.52. The first-order chi connectivity index (χ1) is 15.2. The minimum absolute atomic E-state index is 0.0553. The average molecular weight is 438 g/mol. The Bertz CT molecular complexity index is 1020.